The molecule has 21 heavy (non-hydrogen) atoms. The average molecular weight is 282 g/mol. The normalized spacial score (nSPS) is 10.7. The van der Waals surface area contributed by atoms with Crippen LogP contribution < -0.4 is 5.32 Å². The fourth-order valence-corrected chi connectivity index (χ4v) is 2.47. The third-order valence-corrected chi connectivity index (χ3v) is 3.45. The molecule has 6 nitrogen and oxygen atoms in total. The first kappa shape index (κ1) is 13.1. The number of nitrogens with one attached hydrogen (secondary N) is 1. The first-order valence-corrected chi connectivity index (χ1v) is 6.55. The number of para-hydroxylation sites is 2. The van der Waals surface area contributed by atoms with Crippen LogP contribution in [0, 0.1) is 10.1 Å². The van der Waals surface area contributed by atoms with E-state index in [-0.39, 0.29) is 10.6 Å². The number of rotatable bonds is 4. The van der Waals surface area contributed by atoms with Crippen LogP contribution in [0.3, 0.4) is 0 Å². The lowest BCUT2D eigenvalue weighted by Crippen LogP contribution is -2.06. The Bertz CT molecular complexity index is 810. The highest BCUT2D eigenvalue weighted by Crippen LogP contribution is 2.28. The molecule has 106 valence electrons. The number of hydrogen-bond donors (Lipinski definition) is 1. The molecule has 0 aliphatic heterocycles. The number of nitro groups is 1. The van der Waals surface area contributed by atoms with E-state index in [1.54, 1.807) is 19.3 Å². The molecule has 0 bridgehead atoms. The van der Waals surface area contributed by atoms with Gasteiger partial charge in [-0.25, -0.2) is 0 Å². The molecule has 0 atom stereocenters. The van der Waals surface area contributed by atoms with Crippen molar-refractivity contribution in [3.05, 3.63) is 64.3 Å². The molecule has 0 fully saturated rings. The quantitative estimate of drug-likeness (QED) is 0.589. The number of aromatic nitrogens is 2. The first-order valence-electron chi connectivity index (χ1n) is 6.55. The van der Waals surface area contributed by atoms with Gasteiger partial charge in [-0.3, -0.25) is 14.8 Å². The van der Waals surface area contributed by atoms with Crippen molar-refractivity contribution in [3.8, 4) is 0 Å². The highest BCUT2D eigenvalue weighted by Gasteiger charge is 2.16. The van der Waals surface area contributed by atoms with E-state index in [0.717, 1.165) is 16.5 Å². The molecular formula is C15H14N4O2. The van der Waals surface area contributed by atoms with E-state index in [0.29, 0.717) is 12.2 Å². The van der Waals surface area contributed by atoms with E-state index < -0.39 is 0 Å². The smallest absolute Gasteiger partial charge is 0.292 e. The third kappa shape index (κ3) is 2.31. The molecule has 6 heteroatoms. The molecule has 1 heterocycles. The zero-order valence-electron chi connectivity index (χ0n) is 11.5. The number of nitro benzene ring substituents is 1. The van der Waals surface area contributed by atoms with Gasteiger partial charge in [0.2, 0.25) is 0 Å². The Hall–Kier alpha value is -2.89. The SMILES string of the molecule is CNc1c(Cn2ncc3ccccc32)cccc1[N+](=O)[O-]. The largest absolute Gasteiger partial charge is 0.382 e. The first-order chi connectivity index (χ1) is 10.2. The molecule has 3 rings (SSSR count). The lowest BCUT2D eigenvalue weighted by atomic mass is 10.1. The molecule has 1 aromatic heterocycles. The summed E-state index contributed by atoms with van der Waals surface area (Å²) in [6.45, 7) is 0.478. The van der Waals surface area contributed by atoms with Gasteiger partial charge in [0, 0.05) is 24.1 Å². The minimum atomic E-state index is -0.378. The Morgan fingerprint density at radius 1 is 1.24 bits per heavy atom. The van der Waals surface area contributed by atoms with Gasteiger partial charge in [0.25, 0.3) is 5.69 Å². The fourth-order valence-electron chi connectivity index (χ4n) is 2.47. The molecule has 2 aromatic carbocycles. The zero-order chi connectivity index (χ0) is 14.8. The van der Waals surface area contributed by atoms with Gasteiger partial charge in [-0.05, 0) is 6.07 Å². The van der Waals surface area contributed by atoms with Crippen molar-refractivity contribution < 1.29 is 4.92 Å². The number of benzene rings is 2. The summed E-state index contributed by atoms with van der Waals surface area (Å²) in [6.07, 6.45) is 1.80. The maximum Gasteiger partial charge on any atom is 0.292 e. The van der Waals surface area contributed by atoms with Crippen molar-refractivity contribution in [2.45, 2.75) is 6.54 Å². The van der Waals surface area contributed by atoms with Crippen LogP contribution >= 0.6 is 0 Å². The van der Waals surface area contributed by atoms with Crippen molar-refractivity contribution in [1.29, 1.82) is 0 Å². The van der Waals surface area contributed by atoms with Crippen LogP contribution in [0.4, 0.5) is 11.4 Å². The number of nitrogens with zero attached hydrogens (tertiary/aromatic N) is 3. The van der Waals surface area contributed by atoms with E-state index in [1.165, 1.54) is 6.07 Å². The zero-order valence-corrected chi connectivity index (χ0v) is 11.5. The van der Waals surface area contributed by atoms with Crippen LogP contribution in [0.25, 0.3) is 10.9 Å². The van der Waals surface area contributed by atoms with Crippen LogP contribution in [0.1, 0.15) is 5.56 Å². The van der Waals surface area contributed by atoms with Crippen molar-refractivity contribution in [1.82, 2.24) is 9.78 Å². The minimum absolute atomic E-state index is 0.0754. The second-order valence-electron chi connectivity index (χ2n) is 4.68. The van der Waals surface area contributed by atoms with Crippen LogP contribution in [0.2, 0.25) is 0 Å². The van der Waals surface area contributed by atoms with Crippen molar-refractivity contribution in [2.24, 2.45) is 0 Å². The summed E-state index contributed by atoms with van der Waals surface area (Å²) in [5.74, 6) is 0. The van der Waals surface area contributed by atoms with Crippen molar-refractivity contribution >= 4 is 22.3 Å². The van der Waals surface area contributed by atoms with Crippen LogP contribution in [0.5, 0.6) is 0 Å². The van der Waals surface area contributed by atoms with E-state index in [1.807, 2.05) is 35.0 Å². The second-order valence-corrected chi connectivity index (χ2v) is 4.68. The predicted molar refractivity (Wildman–Crippen MR) is 81.5 cm³/mol. The highest BCUT2D eigenvalue weighted by atomic mass is 16.6. The van der Waals surface area contributed by atoms with Gasteiger partial charge in [-0.2, -0.15) is 5.10 Å². The molecule has 3 aromatic rings. The molecule has 0 saturated carbocycles. The minimum Gasteiger partial charge on any atom is -0.382 e. The Morgan fingerprint density at radius 2 is 2.05 bits per heavy atom. The summed E-state index contributed by atoms with van der Waals surface area (Å²) in [5.41, 5.74) is 2.44. The molecule has 0 aliphatic carbocycles. The van der Waals surface area contributed by atoms with E-state index in [4.69, 9.17) is 0 Å². The molecule has 0 saturated heterocycles. The van der Waals surface area contributed by atoms with Gasteiger partial charge in [0.15, 0.2) is 0 Å². The van der Waals surface area contributed by atoms with E-state index >= 15 is 0 Å². The molecule has 0 aliphatic rings. The lowest BCUT2D eigenvalue weighted by Gasteiger charge is -2.10. The second kappa shape index (κ2) is 5.24. The summed E-state index contributed by atoms with van der Waals surface area (Å²) in [7, 11) is 1.69. The monoisotopic (exact) mass is 282 g/mol. The van der Waals surface area contributed by atoms with Gasteiger partial charge >= 0.3 is 0 Å². The summed E-state index contributed by atoms with van der Waals surface area (Å²) < 4.78 is 1.84. The number of hydrogen-bond acceptors (Lipinski definition) is 4. The maximum atomic E-state index is 11.1. The van der Waals surface area contributed by atoms with Crippen molar-refractivity contribution in [2.75, 3.05) is 12.4 Å². The topological polar surface area (TPSA) is 73.0 Å². The van der Waals surface area contributed by atoms with E-state index in [2.05, 4.69) is 10.4 Å². The summed E-state index contributed by atoms with van der Waals surface area (Å²) in [6, 6.07) is 12.9. The predicted octanol–water partition coefficient (Wildman–Crippen LogP) is 3.03. The van der Waals surface area contributed by atoms with Gasteiger partial charge in [0.1, 0.15) is 5.69 Å². The van der Waals surface area contributed by atoms with Gasteiger partial charge in [-0.1, -0.05) is 30.3 Å². The Balaban J connectivity index is 2.06. The maximum absolute atomic E-state index is 11.1. The molecule has 0 unspecified atom stereocenters. The van der Waals surface area contributed by atoms with E-state index in [9.17, 15) is 10.1 Å². The standard InChI is InChI=1S/C15H14N4O2/c1-16-15-12(6-4-8-14(15)19(20)21)10-18-13-7-3-2-5-11(13)9-17-18/h2-9,16H,10H2,1H3. The summed E-state index contributed by atoms with van der Waals surface area (Å²) >= 11 is 0. The number of fused-ring (bicyclic) bond motifs is 1. The Labute approximate surface area is 121 Å². The van der Waals surface area contributed by atoms with Gasteiger partial charge in [-0.15, -0.1) is 0 Å². The fraction of sp³-hybridized carbons (Fsp3) is 0.133. The summed E-state index contributed by atoms with van der Waals surface area (Å²) in [5, 5.41) is 19.4. The highest BCUT2D eigenvalue weighted by molar-refractivity contribution is 5.78. The van der Waals surface area contributed by atoms with Gasteiger partial charge < -0.3 is 5.32 Å². The lowest BCUT2D eigenvalue weighted by molar-refractivity contribution is -0.384. The average Bonchev–Trinajstić information content (AvgIpc) is 2.90. The van der Waals surface area contributed by atoms with Crippen LogP contribution in [0.15, 0.2) is 48.7 Å². The molecule has 1 N–H and O–H groups in total. The number of anilines is 1. The molecule has 0 spiro atoms. The van der Waals surface area contributed by atoms with Gasteiger partial charge in [0.05, 0.1) is 23.2 Å². The van der Waals surface area contributed by atoms with Crippen LogP contribution in [-0.4, -0.2) is 21.8 Å². The molecular weight excluding hydrogens is 268 g/mol. The summed E-state index contributed by atoms with van der Waals surface area (Å²) in [4.78, 5) is 10.7. The Morgan fingerprint density at radius 3 is 2.81 bits per heavy atom. The van der Waals surface area contributed by atoms with Crippen molar-refractivity contribution in [3.63, 3.8) is 0 Å². The Kier molecular flexibility index (Phi) is 3.27. The third-order valence-electron chi connectivity index (χ3n) is 3.45. The molecule has 0 radical (unpaired) electrons. The van der Waals surface area contributed by atoms with Crippen LogP contribution in [-0.2, 0) is 6.54 Å². The molecule has 0 amide bonds.